The van der Waals surface area contributed by atoms with Gasteiger partial charge < -0.3 is 43.7 Å². The second kappa shape index (κ2) is 20.5. The van der Waals surface area contributed by atoms with Gasteiger partial charge in [-0.25, -0.2) is 8.78 Å². The Labute approximate surface area is 429 Å². The molecule has 6 aliphatic rings. The van der Waals surface area contributed by atoms with Crippen LogP contribution in [0.5, 0.6) is 11.8 Å². The molecule has 0 radical (unpaired) electrons. The van der Waals surface area contributed by atoms with Gasteiger partial charge in [0.25, 0.3) is 5.91 Å². The summed E-state index contributed by atoms with van der Waals surface area (Å²) >= 11 is 0. The summed E-state index contributed by atoms with van der Waals surface area (Å²) in [7, 11) is 1.51. The number of β-amino-alcohol motifs (C(OH)–C–C–N with tert-alkyl or cyclic N) is 1. The molecule has 392 valence electrons. The van der Waals surface area contributed by atoms with Crippen molar-refractivity contribution < 1.29 is 47.2 Å². The molecule has 74 heavy (non-hydrogen) atoms. The smallest absolute Gasteiger partial charge is 0.319 e. The molecule has 3 amide bonds. The van der Waals surface area contributed by atoms with Crippen LogP contribution in [0.3, 0.4) is 0 Å². The fourth-order valence-corrected chi connectivity index (χ4v) is 11.8. The van der Waals surface area contributed by atoms with Crippen LogP contribution >= 0.6 is 0 Å². The fraction of sp³-hybridized carbons (Fsp3) is 0.527. The van der Waals surface area contributed by atoms with Crippen LogP contribution < -0.4 is 24.6 Å². The highest BCUT2D eigenvalue weighted by Crippen LogP contribution is 2.47. The largest absolute Gasteiger partial charge is 0.468 e. The highest BCUT2D eigenvalue weighted by Gasteiger charge is 2.46. The van der Waals surface area contributed by atoms with E-state index >= 15 is 8.78 Å². The van der Waals surface area contributed by atoms with Crippen molar-refractivity contribution in [2.75, 3.05) is 109 Å². The van der Waals surface area contributed by atoms with Crippen LogP contribution in [0, 0.1) is 23.0 Å². The number of halogens is 2. The number of aryl methyl sites for hydroxylation is 1. The van der Waals surface area contributed by atoms with E-state index < -0.39 is 29.2 Å². The first-order valence-corrected chi connectivity index (χ1v) is 26.2. The molecule has 11 rings (SSSR count). The highest BCUT2D eigenvalue weighted by atomic mass is 19.1. The Morgan fingerprint density at radius 3 is 2.47 bits per heavy atom. The summed E-state index contributed by atoms with van der Waals surface area (Å²) in [5.74, 6) is -0.558. The first kappa shape index (κ1) is 50.1. The number of nitrogens with one attached hydrogen (secondary N) is 1. The van der Waals surface area contributed by atoms with Crippen LogP contribution in [-0.4, -0.2) is 163 Å². The number of carbonyl (C=O) groups excluding carboxylic acids is 3. The lowest BCUT2D eigenvalue weighted by Crippen LogP contribution is -2.52. The number of nitrogens with zero attached hydrogens (tertiary/aromatic N) is 8. The van der Waals surface area contributed by atoms with Crippen molar-refractivity contribution in [1.29, 1.82) is 0 Å². The van der Waals surface area contributed by atoms with E-state index in [1.54, 1.807) is 36.2 Å². The molecule has 0 unspecified atom stereocenters. The maximum absolute atomic E-state index is 17.5. The predicted octanol–water partition coefficient (Wildman–Crippen LogP) is 5.71. The number of aliphatic hydroxyl groups is 1. The standard InChI is InChI=1S/C55H65F2N9O8/c1-4-39-43(56)8-5-35-24-38(74-33-71-3)25-41(46(35)39)48-47(57)49-42(26-58-48)50(65-21-22-72-31-54(2,70)29-65)61-53(60-49)73-32-55(13-14-55)30-63-15-11-34(12-16-63)27-62-17-19-64(20-18-62)37-6-7-40-36(23-37)28-66(52(40)69)44-9-10-45(67)59-51(44)68/h5-8,23-26,34,44,70H,4,9-22,27-33H2,1-3H3,(H,59,67,68)/t44-,54-/m0/s1. The Hall–Kier alpha value is -6.12. The van der Waals surface area contributed by atoms with Crippen LogP contribution in [0.25, 0.3) is 32.9 Å². The van der Waals surface area contributed by atoms with E-state index in [9.17, 15) is 19.5 Å². The number of imide groups is 1. The molecule has 0 bridgehead atoms. The topological polar surface area (TPSA) is 175 Å². The zero-order valence-corrected chi connectivity index (χ0v) is 42.5. The van der Waals surface area contributed by atoms with Gasteiger partial charge in [0.15, 0.2) is 12.6 Å². The van der Waals surface area contributed by atoms with E-state index in [0.29, 0.717) is 89.5 Å². The molecule has 19 heteroatoms. The molecule has 17 nitrogen and oxygen atoms in total. The molecule has 2 aromatic heterocycles. The number of amides is 3. The SMILES string of the molecule is CCc1c(F)ccc2cc(OCOC)cc(-c3ncc4c(N5CCOC[C@@](C)(O)C5)nc(OCC5(CN6CCC(CN7CCN(c8ccc9c(c8)CN([C@H]8CCC(=O)NC8=O)C9=O)CC7)CC6)CC5)nc4c3F)c12. The monoisotopic (exact) mass is 1020 g/mol. The molecule has 5 aliphatic heterocycles. The van der Waals surface area contributed by atoms with Gasteiger partial charge in [0, 0.05) is 94.3 Å². The number of likely N-dealkylation sites (tertiary alicyclic amines) is 1. The van der Waals surface area contributed by atoms with Gasteiger partial charge in [-0.3, -0.25) is 29.6 Å². The molecule has 7 heterocycles. The van der Waals surface area contributed by atoms with E-state index in [0.717, 1.165) is 89.3 Å². The van der Waals surface area contributed by atoms with Crippen molar-refractivity contribution in [3.8, 4) is 23.0 Å². The quantitative estimate of drug-likeness (QED) is 0.0964. The lowest BCUT2D eigenvalue weighted by molar-refractivity contribution is -0.136. The number of piperazine rings is 1. The molecule has 2 N–H and O–H groups in total. The Kier molecular flexibility index (Phi) is 13.9. The highest BCUT2D eigenvalue weighted by molar-refractivity contribution is 6.06. The second-order valence-electron chi connectivity index (χ2n) is 21.5. The Morgan fingerprint density at radius 2 is 1.72 bits per heavy atom. The number of ether oxygens (including phenoxy) is 4. The number of aromatic nitrogens is 3. The molecular formula is C55H65F2N9O8. The summed E-state index contributed by atoms with van der Waals surface area (Å²) in [6.45, 7) is 12.9. The zero-order valence-electron chi connectivity index (χ0n) is 42.5. The molecule has 4 saturated heterocycles. The summed E-state index contributed by atoms with van der Waals surface area (Å²) in [5.41, 5.74) is 2.13. The lowest BCUT2D eigenvalue weighted by atomic mass is 9.94. The average molecular weight is 1020 g/mol. The minimum atomic E-state index is -1.20. The van der Waals surface area contributed by atoms with Crippen molar-refractivity contribution in [2.24, 2.45) is 11.3 Å². The minimum absolute atomic E-state index is 0.0000326. The molecule has 1 aliphatic carbocycles. The number of rotatable bonds is 15. The number of hydrogen-bond acceptors (Lipinski definition) is 15. The lowest BCUT2D eigenvalue weighted by Gasteiger charge is -2.40. The van der Waals surface area contributed by atoms with E-state index in [2.05, 4.69) is 31.1 Å². The van der Waals surface area contributed by atoms with E-state index in [1.807, 2.05) is 24.0 Å². The van der Waals surface area contributed by atoms with E-state index in [4.69, 9.17) is 28.9 Å². The Bertz CT molecular complexity index is 2980. The number of benzene rings is 3. The van der Waals surface area contributed by atoms with Crippen LogP contribution in [0.15, 0.2) is 48.7 Å². The van der Waals surface area contributed by atoms with Crippen molar-refractivity contribution >= 4 is 50.9 Å². The molecule has 2 atom stereocenters. The second-order valence-corrected chi connectivity index (χ2v) is 21.5. The van der Waals surface area contributed by atoms with Crippen molar-refractivity contribution in [3.05, 3.63) is 77.0 Å². The molecule has 5 fully saturated rings. The fourth-order valence-electron chi connectivity index (χ4n) is 11.8. The summed E-state index contributed by atoms with van der Waals surface area (Å²) in [6.07, 6.45) is 6.70. The number of fused-ring (bicyclic) bond motifs is 3. The van der Waals surface area contributed by atoms with Crippen molar-refractivity contribution in [3.63, 3.8) is 0 Å². The van der Waals surface area contributed by atoms with Gasteiger partial charge >= 0.3 is 6.01 Å². The van der Waals surface area contributed by atoms with Gasteiger partial charge in [-0.2, -0.15) is 9.97 Å². The molecule has 3 aromatic carbocycles. The van der Waals surface area contributed by atoms with Crippen molar-refractivity contribution in [1.82, 2.24) is 35.0 Å². The number of pyridine rings is 1. The third-order valence-corrected chi connectivity index (χ3v) is 16.0. The predicted molar refractivity (Wildman–Crippen MR) is 273 cm³/mol. The maximum atomic E-state index is 17.5. The first-order chi connectivity index (χ1) is 35.8. The Balaban J connectivity index is 0.741. The van der Waals surface area contributed by atoms with Gasteiger partial charge in [-0.1, -0.05) is 13.0 Å². The third kappa shape index (κ3) is 10.2. The van der Waals surface area contributed by atoms with Crippen LogP contribution in [0.4, 0.5) is 20.3 Å². The normalized spacial score (nSPS) is 22.9. The van der Waals surface area contributed by atoms with Gasteiger partial charge in [-0.15, -0.1) is 0 Å². The van der Waals surface area contributed by atoms with Crippen LogP contribution in [0.1, 0.15) is 73.9 Å². The third-order valence-electron chi connectivity index (χ3n) is 16.0. The summed E-state index contributed by atoms with van der Waals surface area (Å²) < 4.78 is 56.1. The minimum Gasteiger partial charge on any atom is -0.468 e. The molecule has 0 spiro atoms. The summed E-state index contributed by atoms with van der Waals surface area (Å²) in [4.78, 5) is 62.8. The number of hydrogen-bond donors (Lipinski definition) is 2. The Morgan fingerprint density at radius 1 is 0.905 bits per heavy atom. The van der Waals surface area contributed by atoms with Crippen molar-refractivity contribution in [2.45, 2.75) is 77.0 Å². The first-order valence-electron chi connectivity index (χ1n) is 26.2. The molecular weight excluding hydrogens is 953 g/mol. The van der Waals surface area contributed by atoms with Gasteiger partial charge in [-0.05, 0) is 123 Å². The van der Waals surface area contributed by atoms with Crippen LogP contribution in [0.2, 0.25) is 0 Å². The van der Waals surface area contributed by atoms with E-state index in [-0.39, 0.29) is 60.8 Å². The number of piperidine rings is 2. The van der Waals surface area contributed by atoms with Crippen LogP contribution in [-0.2, 0) is 32.0 Å². The molecule has 5 aromatic rings. The number of carbonyl (C=O) groups is 3. The van der Waals surface area contributed by atoms with Gasteiger partial charge in [0.1, 0.15) is 40.2 Å². The van der Waals surface area contributed by atoms with E-state index in [1.165, 1.54) is 13.2 Å². The maximum Gasteiger partial charge on any atom is 0.319 e. The summed E-state index contributed by atoms with van der Waals surface area (Å²) in [6, 6.07) is 11.9. The zero-order chi connectivity index (χ0) is 51.3. The van der Waals surface area contributed by atoms with Gasteiger partial charge in [0.2, 0.25) is 11.8 Å². The summed E-state index contributed by atoms with van der Waals surface area (Å²) in [5, 5.41) is 15.1. The molecule has 1 saturated carbocycles. The van der Waals surface area contributed by atoms with Gasteiger partial charge in [0.05, 0.1) is 31.8 Å². The number of methoxy groups -OCH3 is 1. The average Bonchev–Trinajstić information content (AvgIpc) is 4.13. The number of anilines is 2.